The van der Waals surface area contributed by atoms with Crippen molar-refractivity contribution >= 4 is 28.7 Å². The van der Waals surface area contributed by atoms with Gasteiger partial charge in [-0.1, -0.05) is 29.8 Å². The number of hydrogen-bond donors (Lipinski definition) is 1. The number of anilines is 2. The molecule has 0 fully saturated rings. The van der Waals surface area contributed by atoms with Crippen molar-refractivity contribution in [2.75, 3.05) is 16.8 Å². The summed E-state index contributed by atoms with van der Waals surface area (Å²) < 4.78 is 13.7. The second-order valence-corrected chi connectivity index (χ2v) is 5.68. The molecule has 108 valence electrons. The van der Waals surface area contributed by atoms with E-state index in [-0.39, 0.29) is 5.82 Å². The fourth-order valence-electron chi connectivity index (χ4n) is 2.68. The van der Waals surface area contributed by atoms with Gasteiger partial charge in [0, 0.05) is 12.2 Å². The van der Waals surface area contributed by atoms with Gasteiger partial charge in [0.2, 0.25) is 0 Å². The van der Waals surface area contributed by atoms with Crippen molar-refractivity contribution in [2.24, 2.45) is 0 Å². The summed E-state index contributed by atoms with van der Waals surface area (Å²) in [5.41, 5.74) is 4.10. The maximum atomic E-state index is 13.7. The van der Waals surface area contributed by atoms with Crippen LogP contribution in [0.15, 0.2) is 42.5 Å². The summed E-state index contributed by atoms with van der Waals surface area (Å²) in [6.07, 6.45) is 2.12. The fraction of sp³-hybridized carbons (Fsp3) is 0.235. The molecule has 0 saturated heterocycles. The lowest BCUT2D eigenvalue weighted by atomic mass is 10.00. The van der Waals surface area contributed by atoms with Crippen molar-refractivity contribution in [3.8, 4) is 0 Å². The van der Waals surface area contributed by atoms with Gasteiger partial charge in [-0.05, 0) is 55.7 Å². The second kappa shape index (κ2) is 5.82. The minimum absolute atomic E-state index is 0.291. The van der Waals surface area contributed by atoms with Crippen molar-refractivity contribution in [1.82, 2.24) is 0 Å². The van der Waals surface area contributed by atoms with Gasteiger partial charge in [-0.15, -0.1) is 0 Å². The first-order chi connectivity index (χ1) is 10.1. The van der Waals surface area contributed by atoms with Gasteiger partial charge in [-0.3, -0.25) is 0 Å². The van der Waals surface area contributed by atoms with E-state index in [9.17, 15) is 4.39 Å². The fourth-order valence-corrected chi connectivity index (χ4v) is 2.98. The molecule has 1 aliphatic heterocycles. The summed E-state index contributed by atoms with van der Waals surface area (Å²) in [5.74, 6) is -0.291. The van der Waals surface area contributed by atoms with Gasteiger partial charge in [0.15, 0.2) is 5.11 Å². The Morgan fingerprint density at radius 3 is 2.86 bits per heavy atom. The van der Waals surface area contributed by atoms with Crippen molar-refractivity contribution < 1.29 is 4.39 Å². The van der Waals surface area contributed by atoms with E-state index in [1.165, 1.54) is 17.2 Å². The molecule has 0 bridgehead atoms. The van der Waals surface area contributed by atoms with Gasteiger partial charge in [0.1, 0.15) is 5.82 Å². The molecule has 0 aromatic heterocycles. The molecule has 2 aromatic rings. The molecule has 3 rings (SSSR count). The SMILES string of the molecule is Cc1ccc2c(c1)CCCN2C(=S)Nc1ccccc1F. The maximum Gasteiger partial charge on any atom is 0.178 e. The Bertz CT molecular complexity index is 684. The van der Waals surface area contributed by atoms with Crippen LogP contribution in [0.25, 0.3) is 0 Å². The Morgan fingerprint density at radius 1 is 1.24 bits per heavy atom. The monoisotopic (exact) mass is 300 g/mol. The average molecular weight is 300 g/mol. The van der Waals surface area contributed by atoms with E-state index in [4.69, 9.17) is 12.2 Å². The third kappa shape index (κ3) is 2.90. The predicted octanol–water partition coefficient (Wildman–Crippen LogP) is 4.28. The zero-order chi connectivity index (χ0) is 14.8. The van der Waals surface area contributed by atoms with E-state index in [1.807, 2.05) is 0 Å². The second-order valence-electron chi connectivity index (χ2n) is 5.30. The number of rotatable bonds is 1. The van der Waals surface area contributed by atoms with Gasteiger partial charge < -0.3 is 10.2 Å². The number of aryl methyl sites for hydroxylation is 2. The van der Waals surface area contributed by atoms with Crippen LogP contribution >= 0.6 is 12.2 Å². The highest BCUT2D eigenvalue weighted by atomic mass is 32.1. The molecule has 0 atom stereocenters. The van der Waals surface area contributed by atoms with Crippen LogP contribution in [0.3, 0.4) is 0 Å². The summed E-state index contributed by atoms with van der Waals surface area (Å²) >= 11 is 5.47. The van der Waals surface area contributed by atoms with Crippen LogP contribution < -0.4 is 10.2 Å². The molecule has 2 aromatic carbocycles. The van der Waals surface area contributed by atoms with Gasteiger partial charge in [0.25, 0.3) is 0 Å². The van der Waals surface area contributed by atoms with Crippen molar-refractivity contribution in [3.05, 3.63) is 59.4 Å². The van der Waals surface area contributed by atoms with Crippen LogP contribution in [0, 0.1) is 12.7 Å². The Labute approximate surface area is 129 Å². The summed E-state index contributed by atoms with van der Waals surface area (Å²) in [7, 11) is 0. The van der Waals surface area contributed by atoms with Gasteiger partial charge >= 0.3 is 0 Å². The van der Waals surface area contributed by atoms with Gasteiger partial charge in [-0.25, -0.2) is 4.39 Å². The lowest BCUT2D eigenvalue weighted by molar-refractivity contribution is 0.632. The number of benzene rings is 2. The number of halogens is 1. The van der Waals surface area contributed by atoms with Crippen molar-refractivity contribution in [2.45, 2.75) is 19.8 Å². The summed E-state index contributed by atoms with van der Waals surface area (Å²) in [6, 6.07) is 13.0. The normalized spacial score (nSPS) is 13.7. The van der Waals surface area contributed by atoms with Crippen LogP contribution in [0.1, 0.15) is 17.5 Å². The Balaban J connectivity index is 1.85. The Morgan fingerprint density at radius 2 is 2.05 bits per heavy atom. The third-order valence-electron chi connectivity index (χ3n) is 3.71. The van der Waals surface area contributed by atoms with Crippen molar-refractivity contribution in [1.29, 1.82) is 0 Å². The molecule has 1 aliphatic rings. The molecule has 4 heteroatoms. The standard InChI is InChI=1S/C17H17FN2S/c1-12-8-9-16-13(11-12)5-4-10-20(16)17(21)19-15-7-3-2-6-14(15)18/h2-3,6-9,11H,4-5,10H2,1H3,(H,19,21). The topological polar surface area (TPSA) is 15.3 Å². The highest BCUT2D eigenvalue weighted by Crippen LogP contribution is 2.28. The molecule has 1 heterocycles. The number of nitrogens with zero attached hydrogens (tertiary/aromatic N) is 1. The van der Waals surface area contributed by atoms with Crippen molar-refractivity contribution in [3.63, 3.8) is 0 Å². The quantitative estimate of drug-likeness (QED) is 0.791. The molecular weight excluding hydrogens is 283 g/mol. The molecule has 0 spiro atoms. The van der Waals surface area contributed by atoms with Crippen LogP contribution in [0.2, 0.25) is 0 Å². The Kier molecular flexibility index (Phi) is 3.88. The van der Waals surface area contributed by atoms with Gasteiger partial charge in [-0.2, -0.15) is 0 Å². The minimum Gasteiger partial charge on any atom is -0.330 e. The van der Waals surface area contributed by atoms with E-state index in [0.29, 0.717) is 10.8 Å². The molecule has 0 saturated carbocycles. The first-order valence-electron chi connectivity index (χ1n) is 7.08. The zero-order valence-corrected chi connectivity index (χ0v) is 12.7. The largest absolute Gasteiger partial charge is 0.330 e. The molecule has 2 nitrogen and oxygen atoms in total. The van der Waals surface area contributed by atoms with Crippen LogP contribution in [-0.2, 0) is 6.42 Å². The van der Waals surface area contributed by atoms with Crippen LogP contribution in [0.4, 0.5) is 15.8 Å². The van der Waals surface area contributed by atoms with Crippen LogP contribution in [-0.4, -0.2) is 11.7 Å². The van der Waals surface area contributed by atoms with E-state index < -0.39 is 0 Å². The highest BCUT2D eigenvalue weighted by Gasteiger charge is 2.20. The van der Waals surface area contributed by atoms with E-state index in [0.717, 1.165) is 25.1 Å². The minimum atomic E-state index is -0.291. The highest BCUT2D eigenvalue weighted by molar-refractivity contribution is 7.80. The van der Waals surface area contributed by atoms with Gasteiger partial charge in [0.05, 0.1) is 5.69 Å². The molecule has 0 amide bonds. The first kappa shape index (κ1) is 14.0. The number of thiocarbonyl (C=S) groups is 1. The Hall–Kier alpha value is -1.94. The third-order valence-corrected chi connectivity index (χ3v) is 4.04. The lowest BCUT2D eigenvalue weighted by Crippen LogP contribution is -2.38. The molecule has 0 aliphatic carbocycles. The number of para-hydroxylation sites is 1. The zero-order valence-electron chi connectivity index (χ0n) is 11.9. The molecule has 0 radical (unpaired) electrons. The number of nitrogens with one attached hydrogen (secondary N) is 1. The summed E-state index contributed by atoms with van der Waals surface area (Å²) in [4.78, 5) is 2.06. The predicted molar refractivity (Wildman–Crippen MR) is 89.5 cm³/mol. The average Bonchev–Trinajstić information content (AvgIpc) is 2.48. The van der Waals surface area contributed by atoms with E-state index in [1.54, 1.807) is 18.2 Å². The molecule has 21 heavy (non-hydrogen) atoms. The van der Waals surface area contributed by atoms with E-state index in [2.05, 4.69) is 35.3 Å². The number of fused-ring (bicyclic) bond motifs is 1. The maximum absolute atomic E-state index is 13.7. The number of hydrogen-bond acceptors (Lipinski definition) is 1. The summed E-state index contributed by atoms with van der Waals surface area (Å²) in [5, 5.41) is 3.56. The lowest BCUT2D eigenvalue weighted by Gasteiger charge is -2.32. The molecule has 0 unspecified atom stereocenters. The first-order valence-corrected chi connectivity index (χ1v) is 7.48. The summed E-state index contributed by atoms with van der Waals surface area (Å²) in [6.45, 7) is 2.95. The molecule has 1 N–H and O–H groups in total. The smallest absolute Gasteiger partial charge is 0.178 e. The van der Waals surface area contributed by atoms with Crippen LogP contribution in [0.5, 0.6) is 0 Å². The van der Waals surface area contributed by atoms with E-state index >= 15 is 0 Å². The molecular formula is C17H17FN2S.